The number of amides is 1. The minimum Gasteiger partial charge on any atom is -0.466 e. The Morgan fingerprint density at radius 1 is 0.293 bits per heavy atom. The van der Waals surface area contributed by atoms with Gasteiger partial charge in [0.25, 0.3) is 0 Å². The van der Waals surface area contributed by atoms with E-state index in [-0.39, 0.29) is 18.5 Å². The molecule has 3 N–H and O–H groups in total. The van der Waals surface area contributed by atoms with E-state index in [9.17, 15) is 19.8 Å². The van der Waals surface area contributed by atoms with Gasteiger partial charge in [0.2, 0.25) is 5.91 Å². The van der Waals surface area contributed by atoms with Crippen LogP contribution in [0.25, 0.3) is 0 Å². The highest BCUT2D eigenvalue weighted by Crippen LogP contribution is 2.21. The number of nitrogens with one attached hydrogen (secondary N) is 1. The van der Waals surface area contributed by atoms with Crippen molar-refractivity contribution in [2.45, 2.75) is 514 Å². The molecular weight excluding hydrogens is 1130 g/mol. The van der Waals surface area contributed by atoms with Crippen molar-refractivity contribution in [3.8, 4) is 0 Å². The maximum atomic E-state index is 12.5. The molecule has 0 saturated heterocycles. The van der Waals surface area contributed by atoms with Crippen LogP contribution in [0.4, 0.5) is 0 Å². The Morgan fingerprint density at radius 3 is 0.739 bits per heavy atom. The molecule has 2 atom stereocenters. The molecule has 6 heteroatoms. The van der Waals surface area contributed by atoms with Gasteiger partial charge in [-0.25, -0.2) is 0 Å². The summed E-state index contributed by atoms with van der Waals surface area (Å²) >= 11 is 0. The van der Waals surface area contributed by atoms with Crippen LogP contribution in [0.15, 0.2) is 12.2 Å². The monoisotopic (exact) mass is 1300 g/mol. The standard InChI is InChI=1S/C86H169NO5/c1-3-5-7-9-11-13-15-17-19-21-42-46-50-54-58-62-66-70-74-78-84(89)83(82-88)87-85(90)79-75-71-67-63-59-55-51-47-44-40-38-36-34-32-30-28-26-24-23-25-27-29-31-33-35-37-39-41-45-49-53-57-61-65-69-73-77-81-92-86(91)80-76-72-68-64-60-56-52-48-43-22-20-18-16-14-12-10-8-6-4-2/h74,78,83-84,88-89H,3-73,75-77,79-82H2,1-2H3,(H,87,90)/b78-74+. The normalized spacial score (nSPS) is 12.4. The number of esters is 1. The van der Waals surface area contributed by atoms with Crippen molar-refractivity contribution >= 4 is 11.9 Å². The third-order valence-electron chi connectivity index (χ3n) is 20.6. The largest absolute Gasteiger partial charge is 0.466 e. The van der Waals surface area contributed by atoms with E-state index in [0.29, 0.717) is 19.4 Å². The average molecular weight is 1300 g/mol. The zero-order valence-corrected chi connectivity index (χ0v) is 63.1. The van der Waals surface area contributed by atoms with Crippen LogP contribution in [0.1, 0.15) is 502 Å². The predicted molar refractivity (Wildman–Crippen MR) is 407 cm³/mol. The van der Waals surface area contributed by atoms with E-state index in [1.54, 1.807) is 6.08 Å². The molecule has 0 aliphatic rings. The van der Waals surface area contributed by atoms with Gasteiger partial charge in [-0.2, -0.15) is 0 Å². The zero-order valence-electron chi connectivity index (χ0n) is 63.1. The first-order valence-corrected chi connectivity index (χ1v) is 43.0. The van der Waals surface area contributed by atoms with Crippen molar-refractivity contribution in [1.82, 2.24) is 5.32 Å². The fourth-order valence-electron chi connectivity index (χ4n) is 14.1. The zero-order chi connectivity index (χ0) is 66.3. The molecule has 92 heavy (non-hydrogen) atoms. The number of unbranched alkanes of at least 4 members (excludes halogenated alkanes) is 71. The Labute approximate surface area is 578 Å². The average Bonchev–Trinajstić information content (AvgIpc) is 3.77. The van der Waals surface area contributed by atoms with Gasteiger partial charge in [-0.1, -0.05) is 469 Å². The van der Waals surface area contributed by atoms with Gasteiger partial charge < -0.3 is 20.3 Å². The molecule has 6 nitrogen and oxygen atoms in total. The van der Waals surface area contributed by atoms with Gasteiger partial charge in [0.1, 0.15) is 0 Å². The minimum absolute atomic E-state index is 0.0294. The number of aliphatic hydroxyl groups excluding tert-OH is 2. The summed E-state index contributed by atoms with van der Waals surface area (Å²) in [6.07, 6.45) is 105. The van der Waals surface area contributed by atoms with Crippen molar-refractivity contribution in [2.75, 3.05) is 13.2 Å². The number of ether oxygens (including phenoxy) is 1. The Balaban J connectivity index is 3.30. The van der Waals surface area contributed by atoms with E-state index < -0.39 is 12.1 Å². The molecule has 0 aromatic heterocycles. The van der Waals surface area contributed by atoms with Crippen molar-refractivity contribution < 1.29 is 24.5 Å². The van der Waals surface area contributed by atoms with Crippen LogP contribution in [0, 0.1) is 0 Å². The highest BCUT2D eigenvalue weighted by Gasteiger charge is 2.18. The molecule has 2 unspecified atom stereocenters. The van der Waals surface area contributed by atoms with Crippen LogP contribution in [-0.4, -0.2) is 47.4 Å². The second-order valence-corrected chi connectivity index (χ2v) is 29.9. The number of hydrogen-bond donors (Lipinski definition) is 3. The van der Waals surface area contributed by atoms with Crippen LogP contribution >= 0.6 is 0 Å². The maximum Gasteiger partial charge on any atom is 0.305 e. The Morgan fingerprint density at radius 2 is 0.500 bits per heavy atom. The summed E-state index contributed by atoms with van der Waals surface area (Å²) in [4.78, 5) is 24.7. The molecule has 0 saturated carbocycles. The van der Waals surface area contributed by atoms with Crippen molar-refractivity contribution in [3.05, 3.63) is 12.2 Å². The van der Waals surface area contributed by atoms with Crippen LogP contribution in [0.2, 0.25) is 0 Å². The van der Waals surface area contributed by atoms with E-state index in [4.69, 9.17) is 4.74 Å². The SMILES string of the molecule is CCCCCCCCCCCCCCCCCCC/C=C/C(O)C(CO)NC(=O)CCCCCCCCCCCCCCCCCCCCCCCCCCCCCCCCCCCCCCCOC(=O)CCCCCCCCCCCCCCCCCCCCC. The van der Waals surface area contributed by atoms with E-state index in [2.05, 4.69) is 19.2 Å². The topological polar surface area (TPSA) is 95.9 Å². The number of aliphatic hydroxyl groups is 2. The number of allylic oxidation sites excluding steroid dienone is 1. The number of carbonyl (C=O) groups is 2. The fourth-order valence-corrected chi connectivity index (χ4v) is 14.1. The predicted octanol–water partition coefficient (Wildman–Crippen LogP) is 28.6. The molecule has 0 radical (unpaired) electrons. The first-order chi connectivity index (χ1) is 45.5. The van der Waals surface area contributed by atoms with Gasteiger partial charge in [-0.3, -0.25) is 9.59 Å². The molecule has 0 aliphatic carbocycles. The second-order valence-electron chi connectivity index (χ2n) is 29.9. The van der Waals surface area contributed by atoms with Crippen molar-refractivity contribution in [1.29, 1.82) is 0 Å². The van der Waals surface area contributed by atoms with Crippen molar-refractivity contribution in [3.63, 3.8) is 0 Å². The lowest BCUT2D eigenvalue weighted by atomic mass is 10.0. The highest BCUT2D eigenvalue weighted by molar-refractivity contribution is 5.76. The summed E-state index contributed by atoms with van der Waals surface area (Å²) in [6, 6.07) is -0.624. The number of rotatable bonds is 82. The van der Waals surface area contributed by atoms with Crippen LogP contribution < -0.4 is 5.32 Å². The molecule has 0 aliphatic heterocycles. The molecule has 1 amide bonds. The van der Waals surface area contributed by atoms with Crippen LogP contribution in [0.5, 0.6) is 0 Å². The van der Waals surface area contributed by atoms with Gasteiger partial charge in [-0.15, -0.1) is 0 Å². The number of hydrogen-bond acceptors (Lipinski definition) is 5. The van der Waals surface area contributed by atoms with Gasteiger partial charge in [-0.05, 0) is 32.1 Å². The van der Waals surface area contributed by atoms with Gasteiger partial charge >= 0.3 is 5.97 Å². The molecular formula is C86H169NO5. The van der Waals surface area contributed by atoms with Gasteiger partial charge in [0.15, 0.2) is 0 Å². The fraction of sp³-hybridized carbons (Fsp3) is 0.953. The molecule has 0 aromatic rings. The van der Waals surface area contributed by atoms with E-state index in [1.807, 2.05) is 6.08 Å². The minimum atomic E-state index is -0.841. The first-order valence-electron chi connectivity index (χ1n) is 43.0. The van der Waals surface area contributed by atoms with Crippen molar-refractivity contribution in [2.24, 2.45) is 0 Å². The second kappa shape index (κ2) is 82.0. The van der Waals surface area contributed by atoms with Crippen LogP contribution in [-0.2, 0) is 14.3 Å². The third-order valence-corrected chi connectivity index (χ3v) is 20.6. The molecule has 0 aromatic carbocycles. The molecule has 0 fully saturated rings. The third kappa shape index (κ3) is 77.6. The van der Waals surface area contributed by atoms with E-state index in [0.717, 1.165) is 38.5 Å². The summed E-state index contributed by atoms with van der Waals surface area (Å²) in [7, 11) is 0. The lowest BCUT2D eigenvalue weighted by Gasteiger charge is -2.20. The lowest BCUT2D eigenvalue weighted by Crippen LogP contribution is -2.45. The Bertz CT molecular complexity index is 1400. The Hall–Kier alpha value is -1.40. The van der Waals surface area contributed by atoms with Crippen LogP contribution in [0.3, 0.4) is 0 Å². The van der Waals surface area contributed by atoms with E-state index in [1.165, 1.54) is 437 Å². The Kier molecular flexibility index (Phi) is 80.8. The summed E-state index contributed by atoms with van der Waals surface area (Å²) in [5.41, 5.74) is 0. The number of carbonyl (C=O) groups excluding carboxylic acids is 2. The maximum absolute atomic E-state index is 12.5. The van der Waals surface area contributed by atoms with E-state index >= 15 is 0 Å². The molecule has 0 bridgehead atoms. The molecule has 0 rings (SSSR count). The summed E-state index contributed by atoms with van der Waals surface area (Å²) in [5.74, 6) is -0.0277. The summed E-state index contributed by atoms with van der Waals surface area (Å²) in [6.45, 7) is 4.97. The summed E-state index contributed by atoms with van der Waals surface area (Å²) in [5, 5.41) is 23.3. The molecule has 548 valence electrons. The van der Waals surface area contributed by atoms with Gasteiger partial charge in [0.05, 0.1) is 25.4 Å². The highest BCUT2D eigenvalue weighted by atomic mass is 16.5. The first kappa shape index (κ1) is 90.6. The quantitative estimate of drug-likeness (QED) is 0.0320. The van der Waals surface area contributed by atoms with Gasteiger partial charge in [0, 0.05) is 12.8 Å². The smallest absolute Gasteiger partial charge is 0.305 e. The molecule has 0 spiro atoms. The summed E-state index contributed by atoms with van der Waals surface area (Å²) < 4.78 is 5.53. The lowest BCUT2D eigenvalue weighted by molar-refractivity contribution is -0.143. The molecule has 0 heterocycles.